The molecule has 0 aliphatic carbocycles. The smallest absolute Gasteiger partial charge is 0.253 e. The number of thiazole rings is 1. The van der Waals surface area contributed by atoms with E-state index in [1.165, 1.54) is 10.4 Å². The molecule has 2 amide bonds. The zero-order valence-electron chi connectivity index (χ0n) is 24.7. The van der Waals surface area contributed by atoms with E-state index < -0.39 is 0 Å². The molecule has 0 atom stereocenters. The van der Waals surface area contributed by atoms with Crippen molar-refractivity contribution in [3.8, 4) is 21.7 Å². The molecule has 4 heterocycles. The zero-order chi connectivity index (χ0) is 29.8. The molecule has 1 saturated heterocycles. The van der Waals surface area contributed by atoms with Crippen LogP contribution >= 0.6 is 22.7 Å². The maximum atomic E-state index is 13.2. The van der Waals surface area contributed by atoms with Crippen LogP contribution in [-0.2, 0) is 22.5 Å². The van der Waals surface area contributed by atoms with Gasteiger partial charge in [-0.1, -0.05) is 18.2 Å². The number of thiophene rings is 1. The van der Waals surface area contributed by atoms with Crippen molar-refractivity contribution in [2.45, 2.75) is 19.4 Å². The molecule has 0 unspecified atom stereocenters. The normalized spacial score (nSPS) is 15.5. The van der Waals surface area contributed by atoms with Crippen LogP contribution in [-0.4, -0.2) is 93.2 Å². The molecule has 1 fully saturated rings. The van der Waals surface area contributed by atoms with Crippen molar-refractivity contribution >= 4 is 49.7 Å². The molecule has 2 aromatic carbocycles. The van der Waals surface area contributed by atoms with E-state index in [0.29, 0.717) is 25.1 Å². The van der Waals surface area contributed by atoms with Gasteiger partial charge in [-0.05, 0) is 61.0 Å². The molecule has 6 rings (SSSR count). The minimum Gasteiger partial charge on any atom is -0.383 e. The second-order valence-corrected chi connectivity index (χ2v) is 13.2. The van der Waals surface area contributed by atoms with Gasteiger partial charge in [-0.2, -0.15) is 0 Å². The number of hydrogen-bond donors (Lipinski definition) is 3. The van der Waals surface area contributed by atoms with E-state index in [-0.39, 0.29) is 11.8 Å². The van der Waals surface area contributed by atoms with Crippen LogP contribution in [0.4, 0.5) is 5.00 Å². The fourth-order valence-corrected chi connectivity index (χ4v) is 7.90. The third kappa shape index (κ3) is 6.82. The summed E-state index contributed by atoms with van der Waals surface area (Å²) in [5.74, 6) is 0.0798. The second-order valence-electron chi connectivity index (χ2n) is 11.1. The molecule has 2 aliphatic heterocycles. The fourth-order valence-electron chi connectivity index (χ4n) is 5.58. The standard InChI is InChI=1S/C32H38N6O3S2/c1-37-13-15-38(16-14-37)32(40)23-5-3-4-21(18-23)22-6-7-26-25(19-22)35-30(42-26)29-24-8-10-34-20-27(24)43-31(29)36-28(39)9-11-33-12-17-41-2/h3-7,18-19,33-34H,8-17,20H2,1-2H3,(H,36,39). The molecule has 0 spiro atoms. The third-order valence-electron chi connectivity index (χ3n) is 8.03. The van der Waals surface area contributed by atoms with Gasteiger partial charge in [0, 0.05) is 75.3 Å². The number of hydrogen-bond acceptors (Lipinski definition) is 9. The number of benzene rings is 2. The van der Waals surface area contributed by atoms with E-state index >= 15 is 0 Å². The Morgan fingerprint density at radius 1 is 1.05 bits per heavy atom. The summed E-state index contributed by atoms with van der Waals surface area (Å²) in [6.45, 7) is 6.96. The summed E-state index contributed by atoms with van der Waals surface area (Å²) in [5.41, 5.74) is 6.01. The monoisotopic (exact) mass is 618 g/mol. The van der Waals surface area contributed by atoms with Gasteiger partial charge >= 0.3 is 0 Å². The van der Waals surface area contributed by atoms with Gasteiger partial charge in [0.2, 0.25) is 5.91 Å². The molecule has 0 saturated carbocycles. The van der Waals surface area contributed by atoms with Gasteiger partial charge in [0.1, 0.15) is 10.0 Å². The predicted octanol–water partition coefficient (Wildman–Crippen LogP) is 4.29. The molecule has 3 N–H and O–H groups in total. The number of fused-ring (bicyclic) bond motifs is 2. The number of methoxy groups -OCH3 is 1. The highest BCUT2D eigenvalue weighted by molar-refractivity contribution is 7.23. The van der Waals surface area contributed by atoms with Gasteiger partial charge in [-0.15, -0.1) is 22.7 Å². The quantitative estimate of drug-likeness (QED) is 0.228. The summed E-state index contributed by atoms with van der Waals surface area (Å²) in [6, 6.07) is 14.2. The number of aromatic nitrogens is 1. The van der Waals surface area contributed by atoms with E-state index in [4.69, 9.17) is 9.72 Å². The van der Waals surface area contributed by atoms with Gasteiger partial charge in [0.15, 0.2) is 0 Å². The molecule has 4 aromatic rings. The van der Waals surface area contributed by atoms with Crippen molar-refractivity contribution in [1.82, 2.24) is 25.4 Å². The van der Waals surface area contributed by atoms with Crippen molar-refractivity contribution in [2.24, 2.45) is 0 Å². The Balaban J connectivity index is 1.24. The first kappa shape index (κ1) is 29.9. The van der Waals surface area contributed by atoms with Gasteiger partial charge in [-0.25, -0.2) is 4.98 Å². The minimum absolute atomic E-state index is 0.00729. The fraction of sp³-hybridized carbons (Fsp3) is 0.406. The molecular formula is C32H38N6O3S2. The van der Waals surface area contributed by atoms with Crippen LogP contribution in [0.25, 0.3) is 31.9 Å². The van der Waals surface area contributed by atoms with Crippen LogP contribution in [0.1, 0.15) is 27.2 Å². The van der Waals surface area contributed by atoms with Gasteiger partial charge in [-0.3, -0.25) is 9.59 Å². The summed E-state index contributed by atoms with van der Waals surface area (Å²) >= 11 is 3.31. The highest BCUT2D eigenvalue weighted by atomic mass is 32.1. The average Bonchev–Trinajstić information content (AvgIpc) is 3.61. The number of nitrogens with zero attached hydrogens (tertiary/aromatic N) is 3. The Labute approximate surface area is 260 Å². The first-order chi connectivity index (χ1) is 21.0. The highest BCUT2D eigenvalue weighted by Gasteiger charge is 2.25. The van der Waals surface area contributed by atoms with E-state index in [0.717, 1.165) is 89.1 Å². The number of nitrogens with one attached hydrogen (secondary N) is 3. The van der Waals surface area contributed by atoms with Crippen molar-refractivity contribution in [2.75, 3.05) is 71.9 Å². The summed E-state index contributed by atoms with van der Waals surface area (Å²) < 4.78 is 6.16. The van der Waals surface area contributed by atoms with Gasteiger partial charge < -0.3 is 30.5 Å². The topological polar surface area (TPSA) is 98.8 Å². The molecule has 9 nitrogen and oxygen atoms in total. The lowest BCUT2D eigenvalue weighted by Gasteiger charge is -2.32. The van der Waals surface area contributed by atoms with E-state index in [1.807, 2.05) is 23.1 Å². The summed E-state index contributed by atoms with van der Waals surface area (Å²) in [6.07, 6.45) is 1.30. The molecule has 2 aromatic heterocycles. The van der Waals surface area contributed by atoms with Crippen LogP contribution in [0.2, 0.25) is 0 Å². The van der Waals surface area contributed by atoms with Crippen LogP contribution in [0.3, 0.4) is 0 Å². The molecule has 43 heavy (non-hydrogen) atoms. The maximum absolute atomic E-state index is 13.2. The molecule has 226 valence electrons. The Kier molecular flexibility index (Phi) is 9.46. The third-order valence-corrected chi connectivity index (χ3v) is 10.2. The SMILES string of the molecule is COCCNCCC(=O)Nc1sc2c(c1-c1nc3cc(-c4cccc(C(=O)N5CCN(C)CC5)c4)ccc3s1)CCNC2. The Morgan fingerprint density at radius 3 is 2.72 bits per heavy atom. The highest BCUT2D eigenvalue weighted by Crippen LogP contribution is 2.45. The average molecular weight is 619 g/mol. The van der Waals surface area contributed by atoms with Crippen LogP contribution in [0.15, 0.2) is 42.5 Å². The largest absolute Gasteiger partial charge is 0.383 e. The van der Waals surface area contributed by atoms with Crippen molar-refractivity contribution in [3.63, 3.8) is 0 Å². The Bertz CT molecular complexity index is 1610. The Morgan fingerprint density at radius 2 is 1.88 bits per heavy atom. The lowest BCUT2D eigenvalue weighted by Crippen LogP contribution is -2.47. The number of amides is 2. The molecule has 0 radical (unpaired) electrons. The van der Waals surface area contributed by atoms with Crippen molar-refractivity contribution < 1.29 is 14.3 Å². The summed E-state index contributed by atoms with van der Waals surface area (Å²) in [7, 11) is 3.76. The van der Waals surface area contributed by atoms with Crippen LogP contribution in [0.5, 0.6) is 0 Å². The van der Waals surface area contributed by atoms with Crippen LogP contribution < -0.4 is 16.0 Å². The number of likely N-dealkylation sites (N-methyl/N-ethyl adjacent to an activating group) is 1. The summed E-state index contributed by atoms with van der Waals surface area (Å²) in [5, 5.41) is 11.7. The number of carbonyl (C=O) groups is 2. The molecule has 2 aliphatic rings. The number of piperazine rings is 1. The lowest BCUT2D eigenvalue weighted by molar-refractivity contribution is -0.116. The molecule has 11 heteroatoms. The minimum atomic E-state index is -0.00729. The number of carbonyl (C=O) groups excluding carboxylic acids is 2. The number of rotatable bonds is 10. The maximum Gasteiger partial charge on any atom is 0.253 e. The zero-order valence-corrected chi connectivity index (χ0v) is 26.3. The molecule has 0 bridgehead atoms. The van der Waals surface area contributed by atoms with E-state index in [9.17, 15) is 9.59 Å². The number of anilines is 1. The summed E-state index contributed by atoms with van der Waals surface area (Å²) in [4.78, 5) is 36.6. The van der Waals surface area contributed by atoms with Gasteiger partial charge in [0.25, 0.3) is 5.91 Å². The van der Waals surface area contributed by atoms with Crippen LogP contribution in [0, 0.1) is 0 Å². The lowest BCUT2D eigenvalue weighted by atomic mass is 10.0. The van der Waals surface area contributed by atoms with Gasteiger partial charge in [0.05, 0.1) is 16.8 Å². The second kappa shape index (κ2) is 13.6. The molecular weight excluding hydrogens is 581 g/mol. The predicted molar refractivity (Wildman–Crippen MR) is 175 cm³/mol. The van der Waals surface area contributed by atoms with Crippen molar-refractivity contribution in [3.05, 3.63) is 58.5 Å². The van der Waals surface area contributed by atoms with Crippen molar-refractivity contribution in [1.29, 1.82) is 0 Å². The van der Waals surface area contributed by atoms with E-state index in [2.05, 4.69) is 52.2 Å². The first-order valence-electron chi connectivity index (χ1n) is 14.8. The first-order valence-corrected chi connectivity index (χ1v) is 16.5. The Hall–Kier alpha value is -3.19. The number of ether oxygens (including phenoxy) is 1. The van der Waals surface area contributed by atoms with E-state index in [1.54, 1.807) is 29.8 Å².